The fourth-order valence-electron chi connectivity index (χ4n) is 3.22. The minimum Gasteiger partial charge on any atom is -0.325 e. The summed E-state index contributed by atoms with van der Waals surface area (Å²) in [7, 11) is 0. The molecule has 2 heterocycles. The molecule has 0 saturated heterocycles. The van der Waals surface area contributed by atoms with Gasteiger partial charge in [0.2, 0.25) is 5.91 Å². The van der Waals surface area contributed by atoms with E-state index in [9.17, 15) is 4.79 Å². The SMILES string of the molecule is Cc1cccc([C@@H]2CC(=O)Nc3c(-c4ccc(Cl)cc4)csc32)c1. The van der Waals surface area contributed by atoms with Gasteiger partial charge in [-0.25, -0.2) is 0 Å². The molecule has 2 nitrogen and oxygen atoms in total. The molecule has 0 saturated carbocycles. The molecule has 0 aliphatic carbocycles. The molecular weight excluding hydrogens is 338 g/mol. The van der Waals surface area contributed by atoms with Crippen molar-refractivity contribution in [2.75, 3.05) is 5.32 Å². The average molecular weight is 354 g/mol. The Hall–Kier alpha value is -2.10. The van der Waals surface area contributed by atoms with Gasteiger partial charge in [-0.1, -0.05) is 53.6 Å². The normalized spacial score (nSPS) is 16.6. The van der Waals surface area contributed by atoms with Gasteiger partial charge in [-0.05, 0) is 30.2 Å². The van der Waals surface area contributed by atoms with E-state index >= 15 is 0 Å². The average Bonchev–Trinajstić information content (AvgIpc) is 2.98. The Kier molecular flexibility index (Phi) is 3.91. The van der Waals surface area contributed by atoms with Crippen LogP contribution in [0, 0.1) is 6.92 Å². The predicted molar refractivity (Wildman–Crippen MR) is 101 cm³/mol. The van der Waals surface area contributed by atoms with Crippen LogP contribution in [0.1, 0.15) is 28.3 Å². The highest BCUT2D eigenvalue weighted by Gasteiger charge is 2.30. The Morgan fingerprint density at radius 3 is 2.71 bits per heavy atom. The maximum atomic E-state index is 12.3. The van der Waals surface area contributed by atoms with Crippen molar-refractivity contribution in [1.29, 1.82) is 0 Å². The van der Waals surface area contributed by atoms with Crippen molar-refractivity contribution in [3.63, 3.8) is 0 Å². The first kappa shape index (κ1) is 15.4. The summed E-state index contributed by atoms with van der Waals surface area (Å²) < 4.78 is 0. The van der Waals surface area contributed by atoms with Crippen LogP contribution >= 0.6 is 22.9 Å². The molecule has 2 aromatic carbocycles. The highest BCUT2D eigenvalue weighted by molar-refractivity contribution is 7.11. The number of benzene rings is 2. The summed E-state index contributed by atoms with van der Waals surface area (Å²) in [5, 5.41) is 5.91. The summed E-state index contributed by atoms with van der Waals surface area (Å²) >= 11 is 7.70. The molecule has 1 aliphatic rings. The third kappa shape index (κ3) is 2.74. The molecule has 1 N–H and O–H groups in total. The third-order valence-corrected chi connectivity index (χ3v) is 5.74. The highest BCUT2D eigenvalue weighted by Crippen LogP contribution is 2.46. The van der Waals surface area contributed by atoms with Crippen LogP contribution in [0.15, 0.2) is 53.9 Å². The minimum atomic E-state index is 0.0719. The van der Waals surface area contributed by atoms with Gasteiger partial charge >= 0.3 is 0 Å². The van der Waals surface area contributed by atoms with Gasteiger partial charge in [-0.15, -0.1) is 11.3 Å². The van der Waals surface area contributed by atoms with E-state index in [2.05, 4.69) is 41.9 Å². The van der Waals surface area contributed by atoms with Gasteiger partial charge in [0.25, 0.3) is 0 Å². The summed E-state index contributed by atoms with van der Waals surface area (Å²) in [6.07, 6.45) is 0.497. The molecule has 0 bridgehead atoms. The third-order valence-electron chi connectivity index (χ3n) is 4.39. The number of fused-ring (bicyclic) bond motifs is 1. The number of carbonyl (C=O) groups is 1. The van der Waals surface area contributed by atoms with E-state index in [-0.39, 0.29) is 11.8 Å². The quantitative estimate of drug-likeness (QED) is 0.615. The molecule has 1 aromatic heterocycles. The molecule has 1 atom stereocenters. The van der Waals surface area contributed by atoms with Crippen LogP contribution < -0.4 is 5.32 Å². The van der Waals surface area contributed by atoms with Crippen molar-refractivity contribution in [3.8, 4) is 11.1 Å². The van der Waals surface area contributed by atoms with E-state index in [0.717, 1.165) is 16.8 Å². The van der Waals surface area contributed by atoms with Crippen molar-refractivity contribution in [2.45, 2.75) is 19.3 Å². The fraction of sp³-hybridized carbons (Fsp3) is 0.150. The summed E-state index contributed by atoms with van der Waals surface area (Å²) in [5.41, 5.74) is 5.51. The zero-order chi connectivity index (χ0) is 16.7. The zero-order valence-electron chi connectivity index (χ0n) is 13.2. The van der Waals surface area contributed by atoms with E-state index in [1.54, 1.807) is 11.3 Å². The largest absolute Gasteiger partial charge is 0.325 e. The Morgan fingerprint density at radius 2 is 1.96 bits per heavy atom. The van der Waals surface area contributed by atoms with Crippen LogP contribution in [0.3, 0.4) is 0 Å². The fourth-order valence-corrected chi connectivity index (χ4v) is 4.51. The number of rotatable bonds is 2. The topological polar surface area (TPSA) is 29.1 Å². The number of hydrogen-bond donors (Lipinski definition) is 1. The lowest BCUT2D eigenvalue weighted by molar-refractivity contribution is -0.116. The molecule has 0 fully saturated rings. The Morgan fingerprint density at radius 1 is 1.17 bits per heavy atom. The van der Waals surface area contributed by atoms with Gasteiger partial charge in [0.05, 0.1) is 5.69 Å². The maximum Gasteiger partial charge on any atom is 0.225 e. The first-order valence-corrected chi connectivity index (χ1v) is 9.11. The maximum absolute atomic E-state index is 12.3. The van der Waals surface area contributed by atoms with Crippen LogP contribution in [0.2, 0.25) is 5.02 Å². The molecule has 4 rings (SSSR count). The molecule has 0 spiro atoms. The molecular formula is C20H16ClNOS. The van der Waals surface area contributed by atoms with E-state index in [0.29, 0.717) is 11.4 Å². The monoisotopic (exact) mass is 353 g/mol. The zero-order valence-corrected chi connectivity index (χ0v) is 14.7. The molecule has 3 aromatic rings. The van der Waals surface area contributed by atoms with Gasteiger partial charge in [-0.2, -0.15) is 0 Å². The molecule has 4 heteroatoms. The van der Waals surface area contributed by atoms with Crippen LogP contribution in [0.5, 0.6) is 0 Å². The second-order valence-electron chi connectivity index (χ2n) is 6.11. The molecule has 0 unspecified atom stereocenters. The number of amides is 1. The van der Waals surface area contributed by atoms with E-state index in [1.165, 1.54) is 16.0 Å². The summed E-state index contributed by atoms with van der Waals surface area (Å²) in [4.78, 5) is 13.5. The van der Waals surface area contributed by atoms with Gasteiger partial charge in [0.1, 0.15) is 0 Å². The number of thiophene rings is 1. The van der Waals surface area contributed by atoms with Crippen LogP contribution in [-0.4, -0.2) is 5.91 Å². The van der Waals surface area contributed by atoms with Crippen molar-refractivity contribution in [2.24, 2.45) is 0 Å². The van der Waals surface area contributed by atoms with Crippen molar-refractivity contribution in [3.05, 3.63) is 74.9 Å². The number of hydrogen-bond acceptors (Lipinski definition) is 2. The van der Waals surface area contributed by atoms with Crippen LogP contribution in [0.4, 0.5) is 5.69 Å². The van der Waals surface area contributed by atoms with Crippen LogP contribution in [0.25, 0.3) is 11.1 Å². The second-order valence-corrected chi connectivity index (χ2v) is 7.46. The summed E-state index contributed by atoms with van der Waals surface area (Å²) in [6.45, 7) is 2.08. The number of halogens is 1. The van der Waals surface area contributed by atoms with E-state index < -0.39 is 0 Å². The number of aryl methyl sites for hydroxylation is 1. The summed E-state index contributed by atoms with van der Waals surface area (Å²) in [6, 6.07) is 16.2. The molecule has 1 amide bonds. The number of carbonyl (C=O) groups excluding carboxylic acids is 1. The van der Waals surface area contributed by atoms with E-state index in [4.69, 9.17) is 11.6 Å². The van der Waals surface area contributed by atoms with Gasteiger partial charge in [0, 0.05) is 33.2 Å². The van der Waals surface area contributed by atoms with E-state index in [1.807, 2.05) is 24.3 Å². The molecule has 0 radical (unpaired) electrons. The molecule has 120 valence electrons. The van der Waals surface area contributed by atoms with Crippen molar-refractivity contribution in [1.82, 2.24) is 0 Å². The summed E-state index contributed by atoms with van der Waals surface area (Å²) in [5.74, 6) is 0.197. The van der Waals surface area contributed by atoms with Gasteiger partial charge in [0.15, 0.2) is 0 Å². The van der Waals surface area contributed by atoms with Gasteiger partial charge in [-0.3, -0.25) is 4.79 Å². The minimum absolute atomic E-state index is 0.0719. The van der Waals surface area contributed by atoms with Gasteiger partial charge < -0.3 is 5.32 Å². The predicted octanol–water partition coefficient (Wildman–Crippen LogP) is 5.85. The Bertz CT molecular complexity index is 914. The first-order valence-electron chi connectivity index (χ1n) is 7.85. The van der Waals surface area contributed by atoms with Crippen molar-refractivity contribution >= 4 is 34.5 Å². The lowest BCUT2D eigenvalue weighted by Crippen LogP contribution is -2.22. The standard InChI is InChI=1S/C20H16ClNOS/c1-12-3-2-4-14(9-12)16-10-18(23)22-19-17(11-24-20(16)19)13-5-7-15(21)8-6-13/h2-9,11,16H,10H2,1H3,(H,22,23)/t16-/m0/s1. The number of nitrogens with one attached hydrogen (secondary N) is 1. The van der Waals surface area contributed by atoms with Crippen LogP contribution in [-0.2, 0) is 4.79 Å². The highest BCUT2D eigenvalue weighted by atomic mass is 35.5. The second kappa shape index (κ2) is 6.08. The number of anilines is 1. The lowest BCUT2D eigenvalue weighted by atomic mass is 9.88. The molecule has 1 aliphatic heterocycles. The lowest BCUT2D eigenvalue weighted by Gasteiger charge is -2.24. The molecule has 24 heavy (non-hydrogen) atoms. The Labute approximate surface area is 150 Å². The smallest absolute Gasteiger partial charge is 0.225 e. The Balaban J connectivity index is 1.81. The first-order chi connectivity index (χ1) is 11.6. The van der Waals surface area contributed by atoms with Crippen molar-refractivity contribution < 1.29 is 4.79 Å².